The molecule has 1 aromatic heterocycles. The molecule has 1 aromatic rings. The summed E-state index contributed by atoms with van der Waals surface area (Å²) in [4.78, 5) is 0. The standard InChI is InChI=1S/C16H29N3/c1-5-10-17-16-8-6-7-15(16)9-11-19-14(4)12(2)13(3)18-19/h15-17H,5-11H2,1-4H3. The molecule has 0 radical (unpaired) electrons. The van der Waals surface area contributed by atoms with E-state index in [4.69, 9.17) is 0 Å². The van der Waals surface area contributed by atoms with E-state index >= 15 is 0 Å². The number of hydrogen-bond donors (Lipinski definition) is 1. The van der Waals surface area contributed by atoms with Crippen LogP contribution in [-0.4, -0.2) is 22.4 Å². The fourth-order valence-electron chi connectivity index (χ4n) is 3.27. The van der Waals surface area contributed by atoms with Crippen LogP contribution in [0.25, 0.3) is 0 Å². The Hall–Kier alpha value is -0.830. The molecule has 3 nitrogen and oxygen atoms in total. The molecule has 0 aliphatic heterocycles. The van der Waals surface area contributed by atoms with Gasteiger partial charge in [-0.3, -0.25) is 4.68 Å². The van der Waals surface area contributed by atoms with E-state index in [2.05, 4.69) is 42.8 Å². The van der Waals surface area contributed by atoms with Gasteiger partial charge in [-0.15, -0.1) is 0 Å². The average Bonchev–Trinajstić information content (AvgIpc) is 2.94. The minimum atomic E-state index is 0.748. The van der Waals surface area contributed by atoms with E-state index in [1.54, 1.807) is 0 Å². The number of rotatable bonds is 6. The van der Waals surface area contributed by atoms with Crippen LogP contribution in [0.1, 0.15) is 56.0 Å². The van der Waals surface area contributed by atoms with E-state index in [0.29, 0.717) is 0 Å². The van der Waals surface area contributed by atoms with Crippen molar-refractivity contribution in [3.8, 4) is 0 Å². The van der Waals surface area contributed by atoms with Crippen LogP contribution in [0.15, 0.2) is 0 Å². The van der Waals surface area contributed by atoms with Crippen molar-refractivity contribution < 1.29 is 0 Å². The lowest BCUT2D eigenvalue weighted by molar-refractivity contribution is 0.352. The van der Waals surface area contributed by atoms with E-state index in [-0.39, 0.29) is 0 Å². The third kappa shape index (κ3) is 3.38. The second-order valence-corrected chi connectivity index (χ2v) is 6.06. The Bertz CT molecular complexity index is 408. The van der Waals surface area contributed by atoms with Gasteiger partial charge in [-0.2, -0.15) is 5.10 Å². The predicted molar refractivity (Wildman–Crippen MR) is 80.5 cm³/mol. The van der Waals surface area contributed by atoms with Crippen LogP contribution in [0.2, 0.25) is 0 Å². The topological polar surface area (TPSA) is 29.9 Å². The SMILES string of the molecule is CCCNC1CCCC1CCn1nc(C)c(C)c1C. The van der Waals surface area contributed by atoms with Gasteiger partial charge in [-0.25, -0.2) is 0 Å². The molecule has 0 spiro atoms. The Morgan fingerprint density at radius 3 is 2.68 bits per heavy atom. The zero-order valence-corrected chi connectivity index (χ0v) is 13.0. The smallest absolute Gasteiger partial charge is 0.0625 e. The highest BCUT2D eigenvalue weighted by atomic mass is 15.3. The molecule has 0 bridgehead atoms. The lowest BCUT2D eigenvalue weighted by Crippen LogP contribution is -2.33. The van der Waals surface area contributed by atoms with Gasteiger partial charge in [-0.05, 0) is 64.5 Å². The van der Waals surface area contributed by atoms with Gasteiger partial charge >= 0.3 is 0 Å². The summed E-state index contributed by atoms with van der Waals surface area (Å²) < 4.78 is 2.21. The Labute approximate surface area is 117 Å². The van der Waals surface area contributed by atoms with E-state index in [1.807, 2.05) is 0 Å². The molecule has 1 aliphatic rings. The van der Waals surface area contributed by atoms with Crippen LogP contribution in [0, 0.1) is 26.7 Å². The second-order valence-electron chi connectivity index (χ2n) is 6.06. The van der Waals surface area contributed by atoms with Crippen LogP contribution < -0.4 is 5.32 Å². The Kier molecular flexibility index (Phi) is 5.03. The minimum absolute atomic E-state index is 0.748. The molecule has 19 heavy (non-hydrogen) atoms. The van der Waals surface area contributed by atoms with Gasteiger partial charge in [0.05, 0.1) is 5.69 Å². The maximum atomic E-state index is 4.65. The number of nitrogens with one attached hydrogen (secondary N) is 1. The first kappa shape index (κ1) is 14.6. The summed E-state index contributed by atoms with van der Waals surface area (Å²) in [6.45, 7) is 11.0. The van der Waals surface area contributed by atoms with Crippen LogP contribution in [0.5, 0.6) is 0 Å². The molecule has 0 amide bonds. The third-order valence-corrected chi connectivity index (χ3v) is 4.77. The van der Waals surface area contributed by atoms with Crippen LogP contribution >= 0.6 is 0 Å². The normalized spacial score (nSPS) is 23.2. The van der Waals surface area contributed by atoms with Crippen molar-refractivity contribution in [1.82, 2.24) is 15.1 Å². The van der Waals surface area contributed by atoms with E-state index in [9.17, 15) is 0 Å². The highest BCUT2D eigenvalue weighted by molar-refractivity contribution is 5.22. The Balaban J connectivity index is 1.88. The molecule has 0 aromatic carbocycles. The molecule has 1 heterocycles. The zero-order chi connectivity index (χ0) is 13.8. The summed E-state index contributed by atoms with van der Waals surface area (Å²) in [5, 5.41) is 8.37. The Morgan fingerprint density at radius 1 is 1.26 bits per heavy atom. The van der Waals surface area contributed by atoms with Crippen molar-refractivity contribution in [2.75, 3.05) is 6.54 Å². The van der Waals surface area contributed by atoms with Crippen LogP contribution in [-0.2, 0) is 6.54 Å². The first-order valence-electron chi connectivity index (χ1n) is 7.87. The molecule has 108 valence electrons. The number of nitrogens with zero attached hydrogens (tertiary/aromatic N) is 2. The first-order valence-corrected chi connectivity index (χ1v) is 7.87. The fraction of sp³-hybridized carbons (Fsp3) is 0.812. The lowest BCUT2D eigenvalue weighted by atomic mass is 9.99. The highest BCUT2D eigenvalue weighted by Crippen LogP contribution is 2.29. The summed E-state index contributed by atoms with van der Waals surface area (Å²) in [6.07, 6.45) is 6.64. The summed E-state index contributed by atoms with van der Waals surface area (Å²) >= 11 is 0. The summed E-state index contributed by atoms with van der Waals surface area (Å²) in [5.41, 5.74) is 3.88. The molecular formula is C16H29N3. The van der Waals surface area contributed by atoms with Crippen molar-refractivity contribution >= 4 is 0 Å². The zero-order valence-electron chi connectivity index (χ0n) is 13.0. The second kappa shape index (κ2) is 6.56. The van der Waals surface area contributed by atoms with Crippen molar-refractivity contribution in [3.63, 3.8) is 0 Å². The number of aryl methyl sites for hydroxylation is 2. The largest absolute Gasteiger partial charge is 0.314 e. The average molecular weight is 263 g/mol. The summed E-state index contributed by atoms with van der Waals surface area (Å²) in [5.74, 6) is 0.843. The number of hydrogen-bond acceptors (Lipinski definition) is 2. The molecule has 2 unspecified atom stereocenters. The molecule has 1 aliphatic carbocycles. The predicted octanol–water partition coefficient (Wildman–Crippen LogP) is 3.37. The first-order chi connectivity index (χ1) is 9.13. The summed E-state index contributed by atoms with van der Waals surface area (Å²) in [6, 6.07) is 0.748. The van der Waals surface area contributed by atoms with Crippen LogP contribution in [0.3, 0.4) is 0 Å². The number of aromatic nitrogens is 2. The van der Waals surface area contributed by atoms with E-state index < -0.39 is 0 Å². The monoisotopic (exact) mass is 263 g/mol. The van der Waals surface area contributed by atoms with Gasteiger partial charge in [0.25, 0.3) is 0 Å². The van der Waals surface area contributed by atoms with Crippen molar-refractivity contribution in [2.24, 2.45) is 5.92 Å². The molecule has 3 heteroatoms. The molecular weight excluding hydrogens is 234 g/mol. The van der Waals surface area contributed by atoms with Gasteiger partial charge in [-0.1, -0.05) is 13.3 Å². The van der Waals surface area contributed by atoms with Gasteiger partial charge < -0.3 is 5.32 Å². The van der Waals surface area contributed by atoms with Gasteiger partial charge in [0.2, 0.25) is 0 Å². The maximum Gasteiger partial charge on any atom is 0.0625 e. The van der Waals surface area contributed by atoms with Crippen molar-refractivity contribution in [2.45, 2.75) is 72.4 Å². The molecule has 2 atom stereocenters. The molecule has 0 saturated heterocycles. The maximum absolute atomic E-state index is 4.65. The molecule has 1 fully saturated rings. The molecule has 2 rings (SSSR count). The van der Waals surface area contributed by atoms with Gasteiger partial charge in [0.15, 0.2) is 0 Å². The molecule has 1 saturated carbocycles. The van der Waals surface area contributed by atoms with E-state index in [1.165, 1.54) is 55.6 Å². The van der Waals surface area contributed by atoms with Crippen molar-refractivity contribution in [1.29, 1.82) is 0 Å². The summed E-state index contributed by atoms with van der Waals surface area (Å²) in [7, 11) is 0. The van der Waals surface area contributed by atoms with E-state index in [0.717, 1.165) is 18.5 Å². The van der Waals surface area contributed by atoms with Gasteiger partial charge in [0, 0.05) is 18.3 Å². The van der Waals surface area contributed by atoms with Gasteiger partial charge in [0.1, 0.15) is 0 Å². The lowest BCUT2D eigenvalue weighted by Gasteiger charge is -2.21. The Morgan fingerprint density at radius 2 is 2.05 bits per heavy atom. The highest BCUT2D eigenvalue weighted by Gasteiger charge is 2.26. The fourth-order valence-corrected chi connectivity index (χ4v) is 3.27. The van der Waals surface area contributed by atoms with Crippen molar-refractivity contribution in [3.05, 3.63) is 17.0 Å². The third-order valence-electron chi connectivity index (χ3n) is 4.77. The van der Waals surface area contributed by atoms with Crippen LogP contribution in [0.4, 0.5) is 0 Å². The quantitative estimate of drug-likeness (QED) is 0.853. The molecule has 1 N–H and O–H groups in total. The minimum Gasteiger partial charge on any atom is -0.314 e.